The van der Waals surface area contributed by atoms with Crippen molar-refractivity contribution in [1.82, 2.24) is 15.5 Å². The number of hydrogen-bond acceptors (Lipinski definition) is 3. The number of piperidine rings is 1. The molecule has 1 heterocycles. The molecule has 0 bridgehead atoms. The molecule has 1 saturated heterocycles. The Morgan fingerprint density at radius 3 is 3.00 bits per heavy atom. The zero-order valence-corrected chi connectivity index (χ0v) is 15.9. The first-order valence-corrected chi connectivity index (χ1v) is 9.50. The molecule has 5 heteroatoms. The third-order valence-corrected chi connectivity index (χ3v) is 4.90. The average Bonchev–Trinajstić information content (AvgIpc) is 2.60. The molecule has 1 aromatic rings. The Labute approximate surface area is 152 Å². The van der Waals surface area contributed by atoms with Crippen molar-refractivity contribution in [2.45, 2.75) is 58.0 Å². The number of likely N-dealkylation sites (tertiary alicyclic amines) is 1. The third-order valence-electron chi connectivity index (χ3n) is 4.90. The summed E-state index contributed by atoms with van der Waals surface area (Å²) in [5.41, 5.74) is 1.16. The molecule has 2 unspecified atom stereocenters. The second-order valence-electron chi connectivity index (χ2n) is 7.09. The molecule has 2 amide bonds. The highest BCUT2D eigenvalue weighted by atomic mass is 16.5. The van der Waals surface area contributed by atoms with Gasteiger partial charge in [-0.1, -0.05) is 18.6 Å². The summed E-state index contributed by atoms with van der Waals surface area (Å²) in [5.74, 6) is 0.848. The molecule has 1 aromatic carbocycles. The van der Waals surface area contributed by atoms with Crippen LogP contribution in [0.3, 0.4) is 0 Å². The second-order valence-corrected chi connectivity index (χ2v) is 7.09. The van der Waals surface area contributed by atoms with Gasteiger partial charge in [0.25, 0.3) is 0 Å². The number of nitrogens with one attached hydrogen (secondary N) is 2. The minimum Gasteiger partial charge on any atom is -0.497 e. The molecule has 1 aliphatic heterocycles. The number of methoxy groups -OCH3 is 1. The highest BCUT2D eigenvalue weighted by Gasteiger charge is 2.17. The maximum Gasteiger partial charge on any atom is 0.315 e. The van der Waals surface area contributed by atoms with Gasteiger partial charge in [0.05, 0.1) is 7.11 Å². The van der Waals surface area contributed by atoms with Crippen molar-refractivity contribution in [3.63, 3.8) is 0 Å². The van der Waals surface area contributed by atoms with E-state index in [2.05, 4.69) is 28.5 Å². The molecular formula is C20H33N3O2. The Balaban J connectivity index is 1.62. The lowest BCUT2D eigenvalue weighted by molar-refractivity contribution is 0.159. The molecule has 0 saturated carbocycles. The molecule has 25 heavy (non-hydrogen) atoms. The van der Waals surface area contributed by atoms with Crippen molar-refractivity contribution in [1.29, 1.82) is 0 Å². The summed E-state index contributed by atoms with van der Waals surface area (Å²) >= 11 is 0. The van der Waals surface area contributed by atoms with Gasteiger partial charge in [-0.2, -0.15) is 0 Å². The number of rotatable bonds is 8. The fraction of sp³-hybridized carbons (Fsp3) is 0.650. The van der Waals surface area contributed by atoms with Gasteiger partial charge in [0.1, 0.15) is 5.75 Å². The number of urea groups is 1. The van der Waals surface area contributed by atoms with Crippen LogP contribution in [-0.2, 0) is 6.42 Å². The maximum atomic E-state index is 12.0. The minimum absolute atomic E-state index is 0.0780. The summed E-state index contributed by atoms with van der Waals surface area (Å²) < 4.78 is 5.24. The van der Waals surface area contributed by atoms with Crippen LogP contribution in [0.5, 0.6) is 5.75 Å². The molecule has 2 N–H and O–H groups in total. The highest BCUT2D eigenvalue weighted by molar-refractivity contribution is 5.74. The van der Waals surface area contributed by atoms with E-state index in [0.717, 1.165) is 37.2 Å². The predicted molar refractivity (Wildman–Crippen MR) is 102 cm³/mol. The van der Waals surface area contributed by atoms with Gasteiger partial charge in [0.2, 0.25) is 0 Å². The largest absolute Gasteiger partial charge is 0.497 e. The van der Waals surface area contributed by atoms with Crippen molar-refractivity contribution in [2.75, 3.05) is 26.7 Å². The molecular weight excluding hydrogens is 314 g/mol. The van der Waals surface area contributed by atoms with E-state index in [1.807, 2.05) is 25.1 Å². The summed E-state index contributed by atoms with van der Waals surface area (Å²) in [6, 6.07) is 8.65. The summed E-state index contributed by atoms with van der Waals surface area (Å²) in [6.45, 7) is 7.32. The van der Waals surface area contributed by atoms with Gasteiger partial charge < -0.3 is 20.3 Å². The summed E-state index contributed by atoms with van der Waals surface area (Å²) in [6.07, 6.45) is 5.75. The van der Waals surface area contributed by atoms with Crippen LogP contribution in [0.2, 0.25) is 0 Å². The number of nitrogens with zero attached hydrogens (tertiary/aromatic N) is 1. The molecule has 0 aromatic heterocycles. The van der Waals surface area contributed by atoms with E-state index >= 15 is 0 Å². The van der Waals surface area contributed by atoms with Gasteiger partial charge in [-0.05, 0) is 63.8 Å². The maximum absolute atomic E-state index is 12.0. The van der Waals surface area contributed by atoms with Crippen LogP contribution >= 0.6 is 0 Å². The number of benzene rings is 1. The quantitative estimate of drug-likeness (QED) is 0.710. The van der Waals surface area contributed by atoms with Crippen molar-refractivity contribution in [2.24, 2.45) is 0 Å². The lowest BCUT2D eigenvalue weighted by Crippen LogP contribution is -2.43. The summed E-state index contributed by atoms with van der Waals surface area (Å²) in [5, 5.41) is 5.98. The third kappa shape index (κ3) is 6.94. The van der Waals surface area contributed by atoms with Crippen molar-refractivity contribution >= 4 is 6.03 Å². The Morgan fingerprint density at radius 1 is 1.40 bits per heavy atom. The molecule has 1 fully saturated rings. The van der Waals surface area contributed by atoms with E-state index in [9.17, 15) is 4.79 Å². The van der Waals surface area contributed by atoms with Crippen LogP contribution in [0.1, 0.15) is 45.1 Å². The van der Waals surface area contributed by atoms with Gasteiger partial charge in [0, 0.05) is 25.2 Å². The smallest absolute Gasteiger partial charge is 0.315 e. The van der Waals surface area contributed by atoms with E-state index in [0.29, 0.717) is 6.04 Å². The zero-order valence-electron chi connectivity index (χ0n) is 15.9. The Kier molecular flexibility index (Phi) is 8.06. The van der Waals surface area contributed by atoms with Crippen molar-refractivity contribution < 1.29 is 9.53 Å². The molecule has 5 nitrogen and oxygen atoms in total. The molecule has 0 aliphatic carbocycles. The number of hydrogen-bond donors (Lipinski definition) is 2. The van der Waals surface area contributed by atoms with Crippen LogP contribution in [-0.4, -0.2) is 49.8 Å². The Morgan fingerprint density at radius 2 is 2.24 bits per heavy atom. The molecule has 140 valence electrons. The van der Waals surface area contributed by atoms with Gasteiger partial charge in [0.15, 0.2) is 0 Å². The van der Waals surface area contributed by atoms with Gasteiger partial charge in [-0.15, -0.1) is 0 Å². The van der Waals surface area contributed by atoms with Crippen LogP contribution in [0.15, 0.2) is 24.3 Å². The van der Waals surface area contributed by atoms with Gasteiger partial charge in [-0.25, -0.2) is 4.79 Å². The lowest BCUT2D eigenvalue weighted by atomic mass is 10.0. The lowest BCUT2D eigenvalue weighted by Gasteiger charge is -2.33. The second kappa shape index (κ2) is 10.3. The summed E-state index contributed by atoms with van der Waals surface area (Å²) in [4.78, 5) is 14.6. The molecule has 0 radical (unpaired) electrons. The van der Waals surface area contributed by atoms with Crippen LogP contribution in [0.4, 0.5) is 4.79 Å². The molecule has 0 spiro atoms. The van der Waals surface area contributed by atoms with E-state index in [4.69, 9.17) is 4.74 Å². The monoisotopic (exact) mass is 347 g/mol. The fourth-order valence-electron chi connectivity index (χ4n) is 3.45. The van der Waals surface area contributed by atoms with Crippen LogP contribution in [0, 0.1) is 0 Å². The van der Waals surface area contributed by atoms with E-state index < -0.39 is 0 Å². The number of amides is 2. The average molecular weight is 348 g/mol. The van der Waals surface area contributed by atoms with Crippen molar-refractivity contribution in [3.8, 4) is 5.75 Å². The number of carbonyl (C=O) groups is 1. The van der Waals surface area contributed by atoms with Crippen molar-refractivity contribution in [3.05, 3.63) is 29.8 Å². The topological polar surface area (TPSA) is 53.6 Å². The summed E-state index contributed by atoms with van der Waals surface area (Å²) in [7, 11) is 1.67. The van der Waals surface area contributed by atoms with E-state index in [-0.39, 0.29) is 12.1 Å². The Bertz CT molecular complexity index is 535. The first-order valence-electron chi connectivity index (χ1n) is 9.50. The van der Waals surface area contributed by atoms with E-state index in [1.165, 1.54) is 25.8 Å². The first-order chi connectivity index (χ1) is 12.1. The fourth-order valence-corrected chi connectivity index (χ4v) is 3.45. The first kappa shape index (κ1) is 19.6. The predicted octanol–water partition coefficient (Wildman–Crippen LogP) is 3.19. The minimum atomic E-state index is -0.0814. The molecule has 1 aliphatic rings. The normalized spacial score (nSPS) is 19.2. The number of ether oxygens (including phenoxy) is 1. The Hall–Kier alpha value is -1.75. The number of carbonyl (C=O) groups excluding carboxylic acids is 1. The van der Waals surface area contributed by atoms with Gasteiger partial charge in [-0.3, -0.25) is 0 Å². The van der Waals surface area contributed by atoms with Gasteiger partial charge >= 0.3 is 6.03 Å². The SMILES string of the molecule is COc1cccc(CC(C)NC(=O)NCCCN2CCCCC2C)c1. The molecule has 2 atom stereocenters. The van der Waals surface area contributed by atoms with Crippen LogP contribution in [0.25, 0.3) is 0 Å². The standard InChI is InChI=1S/C20H33N3O2/c1-16(14-18-9-6-10-19(15-18)25-3)22-20(24)21-11-7-13-23-12-5-4-8-17(23)2/h6,9-10,15-17H,4-5,7-8,11-14H2,1-3H3,(H2,21,22,24). The molecule has 2 rings (SSSR count). The zero-order chi connectivity index (χ0) is 18.1. The van der Waals surface area contributed by atoms with Crippen LogP contribution < -0.4 is 15.4 Å². The van der Waals surface area contributed by atoms with E-state index in [1.54, 1.807) is 7.11 Å². The highest BCUT2D eigenvalue weighted by Crippen LogP contribution is 2.16.